The molecular formula is C9H11N2+. The van der Waals surface area contributed by atoms with E-state index in [-0.39, 0.29) is 0 Å². The summed E-state index contributed by atoms with van der Waals surface area (Å²) in [5, 5.41) is 0. The highest BCUT2D eigenvalue weighted by molar-refractivity contribution is 5.77. The maximum Gasteiger partial charge on any atom is 0.326 e. The van der Waals surface area contributed by atoms with Gasteiger partial charge in [0.05, 0.1) is 18.8 Å². The lowest BCUT2D eigenvalue weighted by molar-refractivity contribution is -0.658. The van der Waals surface area contributed by atoms with Crippen LogP contribution < -0.4 is 4.57 Å². The fourth-order valence-corrected chi connectivity index (χ4v) is 1.41. The lowest BCUT2D eigenvalue weighted by Gasteiger charge is -1.97. The van der Waals surface area contributed by atoms with Crippen LogP contribution in [0.2, 0.25) is 0 Å². The molecule has 2 rings (SSSR count). The van der Waals surface area contributed by atoms with E-state index in [1.54, 1.807) is 0 Å². The van der Waals surface area contributed by atoms with E-state index in [1.165, 1.54) is 5.56 Å². The molecule has 2 heterocycles. The van der Waals surface area contributed by atoms with E-state index < -0.39 is 0 Å². The van der Waals surface area contributed by atoms with Crippen molar-refractivity contribution in [2.45, 2.75) is 12.8 Å². The number of aliphatic imine (C=N–C) groups is 1. The Morgan fingerprint density at radius 1 is 1.55 bits per heavy atom. The molecule has 2 heteroatoms. The molecule has 0 amide bonds. The number of fused-ring (bicyclic) bond motifs is 1. The summed E-state index contributed by atoms with van der Waals surface area (Å²) in [4.78, 5) is 4.32. The average molecular weight is 147 g/mol. The van der Waals surface area contributed by atoms with Gasteiger partial charge in [-0.05, 0) is 12.1 Å². The van der Waals surface area contributed by atoms with Gasteiger partial charge in [-0.1, -0.05) is 11.9 Å². The Kier molecular flexibility index (Phi) is 1.28. The summed E-state index contributed by atoms with van der Waals surface area (Å²) in [5.74, 6) is 1.58. The maximum absolute atomic E-state index is 4.32. The molecule has 1 atom stereocenters. The Morgan fingerprint density at radius 3 is 3.09 bits per heavy atom. The van der Waals surface area contributed by atoms with Gasteiger partial charge in [0.1, 0.15) is 6.21 Å². The summed E-state index contributed by atoms with van der Waals surface area (Å²) in [6, 6.07) is 4.19. The zero-order valence-electron chi connectivity index (χ0n) is 6.78. The zero-order valence-corrected chi connectivity index (χ0v) is 6.78. The highest BCUT2D eigenvalue weighted by Gasteiger charge is 2.23. The third kappa shape index (κ3) is 0.862. The standard InChI is InChI=1S/C9H11N2/c1-7-6-10-9-8(7)4-3-5-11(9)2/h3-7H,1-2H3/q+1. The van der Waals surface area contributed by atoms with Gasteiger partial charge in [0.2, 0.25) is 0 Å². The predicted molar refractivity (Wildman–Crippen MR) is 44.2 cm³/mol. The summed E-state index contributed by atoms with van der Waals surface area (Å²) >= 11 is 0. The Labute approximate surface area is 66.2 Å². The third-order valence-electron chi connectivity index (χ3n) is 2.09. The van der Waals surface area contributed by atoms with Crippen molar-refractivity contribution in [1.29, 1.82) is 0 Å². The second-order valence-electron chi connectivity index (χ2n) is 2.96. The van der Waals surface area contributed by atoms with Crippen LogP contribution in [0.5, 0.6) is 0 Å². The van der Waals surface area contributed by atoms with E-state index in [4.69, 9.17) is 0 Å². The maximum atomic E-state index is 4.32. The van der Waals surface area contributed by atoms with Crippen molar-refractivity contribution in [2.24, 2.45) is 12.0 Å². The molecule has 0 radical (unpaired) electrons. The minimum absolute atomic E-state index is 0.484. The molecule has 1 aliphatic heterocycles. The molecule has 0 spiro atoms. The second-order valence-corrected chi connectivity index (χ2v) is 2.96. The van der Waals surface area contributed by atoms with Crippen LogP contribution in [0.3, 0.4) is 0 Å². The molecule has 1 aromatic rings. The molecule has 11 heavy (non-hydrogen) atoms. The highest BCUT2D eigenvalue weighted by atomic mass is 15.0. The molecule has 0 N–H and O–H groups in total. The number of aromatic nitrogens is 1. The van der Waals surface area contributed by atoms with Crippen molar-refractivity contribution < 1.29 is 4.57 Å². The molecule has 1 aliphatic rings. The minimum atomic E-state index is 0.484. The molecule has 0 aliphatic carbocycles. The van der Waals surface area contributed by atoms with E-state index in [9.17, 15) is 0 Å². The first kappa shape index (κ1) is 6.53. The highest BCUT2D eigenvalue weighted by Crippen LogP contribution is 2.27. The molecule has 0 saturated carbocycles. The van der Waals surface area contributed by atoms with Crippen LogP contribution in [0.4, 0.5) is 5.82 Å². The van der Waals surface area contributed by atoms with Crippen LogP contribution in [0.1, 0.15) is 18.4 Å². The van der Waals surface area contributed by atoms with Crippen molar-refractivity contribution in [1.82, 2.24) is 0 Å². The van der Waals surface area contributed by atoms with Crippen LogP contribution in [-0.4, -0.2) is 6.21 Å². The Hall–Kier alpha value is -1.18. The van der Waals surface area contributed by atoms with Gasteiger partial charge in [-0.3, -0.25) is 0 Å². The largest absolute Gasteiger partial charge is 0.326 e. The van der Waals surface area contributed by atoms with Crippen molar-refractivity contribution >= 4 is 12.0 Å². The van der Waals surface area contributed by atoms with Crippen molar-refractivity contribution in [3.05, 3.63) is 23.9 Å². The number of rotatable bonds is 0. The number of nitrogens with zero attached hydrogens (tertiary/aromatic N) is 2. The van der Waals surface area contributed by atoms with Crippen LogP contribution in [-0.2, 0) is 7.05 Å². The van der Waals surface area contributed by atoms with Crippen LogP contribution >= 0.6 is 0 Å². The predicted octanol–water partition coefficient (Wildman–Crippen LogP) is 1.33. The first-order valence-corrected chi connectivity index (χ1v) is 3.82. The number of aryl methyl sites for hydroxylation is 1. The van der Waals surface area contributed by atoms with Gasteiger partial charge in [0, 0.05) is 5.92 Å². The summed E-state index contributed by atoms with van der Waals surface area (Å²) in [6.07, 6.45) is 4.01. The third-order valence-corrected chi connectivity index (χ3v) is 2.09. The molecule has 1 unspecified atom stereocenters. The van der Waals surface area contributed by atoms with Crippen LogP contribution in [0.25, 0.3) is 0 Å². The van der Waals surface area contributed by atoms with Crippen LogP contribution in [0, 0.1) is 0 Å². The molecule has 1 aromatic heterocycles. The van der Waals surface area contributed by atoms with E-state index >= 15 is 0 Å². The Morgan fingerprint density at radius 2 is 2.36 bits per heavy atom. The quantitative estimate of drug-likeness (QED) is 0.492. The van der Waals surface area contributed by atoms with Gasteiger partial charge >= 0.3 is 5.82 Å². The van der Waals surface area contributed by atoms with Crippen molar-refractivity contribution in [3.63, 3.8) is 0 Å². The summed E-state index contributed by atoms with van der Waals surface area (Å²) < 4.78 is 2.05. The number of hydrogen-bond acceptors (Lipinski definition) is 1. The molecule has 0 aromatic carbocycles. The fraction of sp³-hybridized carbons (Fsp3) is 0.333. The van der Waals surface area contributed by atoms with Crippen LogP contribution in [0.15, 0.2) is 23.3 Å². The summed E-state index contributed by atoms with van der Waals surface area (Å²) in [5.41, 5.74) is 1.33. The van der Waals surface area contributed by atoms with E-state index in [2.05, 4.69) is 28.6 Å². The number of hydrogen-bond donors (Lipinski definition) is 0. The van der Waals surface area contributed by atoms with Gasteiger partial charge in [-0.2, -0.15) is 0 Å². The van der Waals surface area contributed by atoms with Gasteiger partial charge < -0.3 is 0 Å². The Balaban J connectivity index is 2.65. The van der Waals surface area contributed by atoms with Crippen molar-refractivity contribution in [2.75, 3.05) is 0 Å². The summed E-state index contributed by atoms with van der Waals surface area (Å²) in [7, 11) is 2.02. The summed E-state index contributed by atoms with van der Waals surface area (Å²) in [6.45, 7) is 2.16. The lowest BCUT2D eigenvalue weighted by Crippen LogP contribution is -2.27. The average Bonchev–Trinajstić information content (AvgIpc) is 2.35. The van der Waals surface area contributed by atoms with Gasteiger partial charge in [-0.25, -0.2) is 4.57 Å². The molecule has 0 saturated heterocycles. The molecule has 0 bridgehead atoms. The SMILES string of the molecule is CC1C=Nc2c1ccc[n+]2C. The van der Waals surface area contributed by atoms with E-state index in [0.717, 1.165) is 5.82 Å². The first-order valence-electron chi connectivity index (χ1n) is 3.82. The Bertz CT molecular complexity index is 315. The van der Waals surface area contributed by atoms with E-state index in [1.807, 2.05) is 19.5 Å². The normalized spacial score (nSPS) is 20.4. The first-order chi connectivity index (χ1) is 5.29. The molecular weight excluding hydrogens is 136 g/mol. The van der Waals surface area contributed by atoms with Gasteiger partial charge in [0.25, 0.3) is 0 Å². The molecule has 2 nitrogen and oxygen atoms in total. The molecule has 56 valence electrons. The zero-order chi connectivity index (χ0) is 7.84. The molecule has 0 fully saturated rings. The minimum Gasteiger partial charge on any atom is -0.233 e. The second kappa shape index (κ2) is 2.16. The fourth-order valence-electron chi connectivity index (χ4n) is 1.41. The monoisotopic (exact) mass is 147 g/mol. The van der Waals surface area contributed by atoms with Gasteiger partial charge in [-0.15, -0.1) is 0 Å². The number of pyridine rings is 1. The van der Waals surface area contributed by atoms with Gasteiger partial charge in [0.15, 0.2) is 0 Å². The van der Waals surface area contributed by atoms with Crippen molar-refractivity contribution in [3.8, 4) is 0 Å². The lowest BCUT2D eigenvalue weighted by atomic mass is 10.1. The smallest absolute Gasteiger partial charge is 0.233 e. The van der Waals surface area contributed by atoms with E-state index in [0.29, 0.717) is 5.92 Å². The topological polar surface area (TPSA) is 16.2 Å².